The molecule has 0 bridgehead atoms. The van der Waals surface area contributed by atoms with E-state index in [9.17, 15) is 13.2 Å². The molecule has 0 aliphatic carbocycles. The Kier molecular flexibility index (Phi) is 3.22. The summed E-state index contributed by atoms with van der Waals surface area (Å²) in [6.45, 7) is 0. The highest BCUT2D eigenvalue weighted by Crippen LogP contribution is 2.32. The van der Waals surface area contributed by atoms with Crippen LogP contribution >= 0.6 is 0 Å². The zero-order chi connectivity index (χ0) is 15.7. The average molecular weight is 300 g/mol. The highest BCUT2D eigenvalue weighted by Gasteiger charge is 2.30. The molecule has 108 valence electrons. The lowest BCUT2D eigenvalue weighted by atomic mass is 10.1. The van der Waals surface area contributed by atoms with Crippen LogP contribution in [0.3, 0.4) is 0 Å². The topological polar surface area (TPSA) is 62.5 Å². The Bertz CT molecular complexity index is 897. The number of hydrogen-bond acceptors (Lipinski definition) is 4. The number of nitriles is 1. The third kappa shape index (κ3) is 2.46. The van der Waals surface area contributed by atoms with Crippen LogP contribution in [0, 0.1) is 11.3 Å². The number of fused-ring (bicyclic) bond motifs is 1. The summed E-state index contributed by atoms with van der Waals surface area (Å²) in [5.41, 5.74) is 0.657. The van der Waals surface area contributed by atoms with Crippen molar-refractivity contribution in [3.05, 3.63) is 54.0 Å². The number of nitrogens with zero attached hydrogens (tertiary/aromatic N) is 4. The largest absolute Gasteiger partial charge is 0.416 e. The number of rotatable bonds is 1. The number of benzene rings is 1. The molecule has 0 fully saturated rings. The van der Waals surface area contributed by atoms with Crippen LogP contribution in [0.5, 0.6) is 0 Å². The minimum absolute atomic E-state index is 0.149. The minimum Gasteiger partial charge on any atom is -0.235 e. The smallest absolute Gasteiger partial charge is 0.235 e. The van der Waals surface area contributed by atoms with Gasteiger partial charge in [0.25, 0.3) is 0 Å². The molecule has 4 nitrogen and oxygen atoms in total. The van der Waals surface area contributed by atoms with Crippen molar-refractivity contribution in [3.8, 4) is 17.3 Å². The van der Waals surface area contributed by atoms with E-state index < -0.39 is 11.7 Å². The van der Waals surface area contributed by atoms with E-state index in [0.29, 0.717) is 11.0 Å². The Hall–Kier alpha value is -3.01. The van der Waals surface area contributed by atoms with Crippen molar-refractivity contribution in [1.82, 2.24) is 15.0 Å². The standard InChI is InChI=1S/C15H7F3N4/c16-15(17,18)10-3-1-2-9(6-10)13-14-12(20-8-21-13)5-4-11(7-19)22-14/h1-6,8H. The Morgan fingerprint density at radius 2 is 1.86 bits per heavy atom. The van der Waals surface area contributed by atoms with Crippen molar-refractivity contribution in [2.75, 3.05) is 0 Å². The van der Waals surface area contributed by atoms with Gasteiger partial charge in [0.2, 0.25) is 0 Å². The molecule has 3 rings (SSSR count). The maximum absolute atomic E-state index is 12.8. The van der Waals surface area contributed by atoms with E-state index in [-0.39, 0.29) is 17.0 Å². The van der Waals surface area contributed by atoms with Gasteiger partial charge in [-0.05, 0) is 24.3 Å². The first-order valence-corrected chi connectivity index (χ1v) is 6.18. The number of pyridine rings is 1. The molecule has 0 unspecified atom stereocenters. The summed E-state index contributed by atoms with van der Waals surface area (Å²) in [4.78, 5) is 12.1. The maximum Gasteiger partial charge on any atom is 0.416 e. The molecular weight excluding hydrogens is 293 g/mol. The Balaban J connectivity index is 2.24. The highest BCUT2D eigenvalue weighted by atomic mass is 19.4. The van der Waals surface area contributed by atoms with Crippen LogP contribution in [0.15, 0.2) is 42.7 Å². The zero-order valence-corrected chi connectivity index (χ0v) is 11.0. The van der Waals surface area contributed by atoms with Crippen LogP contribution in [0.25, 0.3) is 22.3 Å². The molecule has 22 heavy (non-hydrogen) atoms. The fraction of sp³-hybridized carbons (Fsp3) is 0.0667. The van der Waals surface area contributed by atoms with Crippen LogP contribution in [0.4, 0.5) is 13.2 Å². The highest BCUT2D eigenvalue weighted by molar-refractivity contribution is 5.89. The van der Waals surface area contributed by atoms with Crippen molar-refractivity contribution in [1.29, 1.82) is 5.26 Å². The van der Waals surface area contributed by atoms with Crippen molar-refractivity contribution < 1.29 is 13.2 Å². The van der Waals surface area contributed by atoms with E-state index in [2.05, 4.69) is 15.0 Å². The van der Waals surface area contributed by atoms with Crippen molar-refractivity contribution in [2.24, 2.45) is 0 Å². The van der Waals surface area contributed by atoms with Gasteiger partial charge in [0.05, 0.1) is 16.8 Å². The number of hydrogen-bond donors (Lipinski definition) is 0. The lowest BCUT2D eigenvalue weighted by Crippen LogP contribution is -2.04. The van der Waals surface area contributed by atoms with Gasteiger partial charge >= 0.3 is 6.18 Å². The van der Waals surface area contributed by atoms with Gasteiger partial charge in [-0.3, -0.25) is 0 Å². The van der Waals surface area contributed by atoms with E-state index in [1.165, 1.54) is 24.5 Å². The molecule has 2 aromatic heterocycles. The predicted molar refractivity (Wildman–Crippen MR) is 72.5 cm³/mol. The maximum atomic E-state index is 12.8. The second-order valence-electron chi connectivity index (χ2n) is 4.48. The quantitative estimate of drug-likeness (QED) is 0.689. The molecule has 0 spiro atoms. The SMILES string of the molecule is N#Cc1ccc2ncnc(-c3cccc(C(F)(F)F)c3)c2n1. The van der Waals surface area contributed by atoms with E-state index in [1.54, 1.807) is 6.07 Å². The molecule has 1 aromatic carbocycles. The van der Waals surface area contributed by atoms with Crippen LogP contribution in [-0.2, 0) is 6.18 Å². The second kappa shape index (κ2) is 5.07. The molecule has 0 amide bonds. The normalized spacial score (nSPS) is 11.4. The second-order valence-corrected chi connectivity index (χ2v) is 4.48. The van der Waals surface area contributed by atoms with Crippen molar-refractivity contribution >= 4 is 11.0 Å². The fourth-order valence-electron chi connectivity index (χ4n) is 2.06. The molecule has 2 heterocycles. The van der Waals surface area contributed by atoms with Crippen LogP contribution in [0.1, 0.15) is 11.3 Å². The zero-order valence-electron chi connectivity index (χ0n) is 11.0. The van der Waals surface area contributed by atoms with Crippen molar-refractivity contribution in [2.45, 2.75) is 6.18 Å². The third-order valence-corrected chi connectivity index (χ3v) is 3.06. The first-order valence-electron chi connectivity index (χ1n) is 6.18. The first-order chi connectivity index (χ1) is 10.5. The molecule has 3 aromatic rings. The monoisotopic (exact) mass is 300 g/mol. The summed E-state index contributed by atoms with van der Waals surface area (Å²) < 4.78 is 38.5. The van der Waals surface area contributed by atoms with Gasteiger partial charge in [0.1, 0.15) is 23.6 Å². The molecule has 0 aliphatic rings. The summed E-state index contributed by atoms with van der Waals surface area (Å²) in [6.07, 6.45) is -3.18. The number of aromatic nitrogens is 3. The van der Waals surface area contributed by atoms with Crippen molar-refractivity contribution in [3.63, 3.8) is 0 Å². The lowest BCUT2D eigenvalue weighted by Gasteiger charge is -2.09. The predicted octanol–water partition coefficient (Wildman–Crippen LogP) is 3.58. The van der Waals surface area contributed by atoms with Gasteiger partial charge in [-0.2, -0.15) is 18.4 Å². The Labute approximate surface area is 122 Å². The van der Waals surface area contributed by atoms with Gasteiger partial charge in [-0.1, -0.05) is 12.1 Å². The van der Waals surface area contributed by atoms with E-state index in [0.717, 1.165) is 12.1 Å². The molecule has 0 saturated carbocycles. The van der Waals surface area contributed by atoms with Crippen LogP contribution in [0.2, 0.25) is 0 Å². The molecule has 7 heteroatoms. The average Bonchev–Trinajstić information content (AvgIpc) is 2.53. The molecule has 0 atom stereocenters. The van der Waals surface area contributed by atoms with Crippen LogP contribution in [-0.4, -0.2) is 15.0 Å². The summed E-state index contributed by atoms with van der Waals surface area (Å²) in [5.74, 6) is 0. The van der Waals surface area contributed by atoms with Gasteiger partial charge < -0.3 is 0 Å². The Morgan fingerprint density at radius 3 is 2.59 bits per heavy atom. The summed E-state index contributed by atoms with van der Waals surface area (Å²) in [7, 11) is 0. The minimum atomic E-state index is -4.44. The molecule has 0 radical (unpaired) electrons. The number of halogens is 3. The van der Waals surface area contributed by atoms with E-state index in [4.69, 9.17) is 5.26 Å². The van der Waals surface area contributed by atoms with Crippen LogP contribution < -0.4 is 0 Å². The third-order valence-electron chi connectivity index (χ3n) is 3.06. The molecule has 0 N–H and O–H groups in total. The van der Waals surface area contributed by atoms with Gasteiger partial charge in [-0.25, -0.2) is 15.0 Å². The van der Waals surface area contributed by atoms with Gasteiger partial charge in [0.15, 0.2) is 0 Å². The molecule has 0 aliphatic heterocycles. The summed E-state index contributed by atoms with van der Waals surface area (Å²) >= 11 is 0. The fourth-order valence-corrected chi connectivity index (χ4v) is 2.06. The van der Waals surface area contributed by atoms with Gasteiger partial charge in [-0.15, -0.1) is 0 Å². The molecular formula is C15H7F3N4. The van der Waals surface area contributed by atoms with E-state index >= 15 is 0 Å². The Morgan fingerprint density at radius 1 is 1.05 bits per heavy atom. The summed E-state index contributed by atoms with van der Waals surface area (Å²) in [5, 5.41) is 8.91. The summed E-state index contributed by atoms with van der Waals surface area (Å²) in [6, 6.07) is 9.77. The lowest BCUT2D eigenvalue weighted by molar-refractivity contribution is -0.137. The number of alkyl halides is 3. The van der Waals surface area contributed by atoms with Gasteiger partial charge in [0, 0.05) is 5.56 Å². The molecule has 0 saturated heterocycles. The van der Waals surface area contributed by atoms with E-state index in [1.807, 2.05) is 6.07 Å². The first kappa shape index (κ1) is 13.9.